The van der Waals surface area contributed by atoms with E-state index in [0.29, 0.717) is 21.9 Å². The van der Waals surface area contributed by atoms with Gasteiger partial charge in [-0.1, -0.05) is 13.2 Å². The Kier molecular flexibility index (Phi) is 6.36. The van der Waals surface area contributed by atoms with Crippen LogP contribution in [0.15, 0.2) is 67.1 Å². The molecule has 4 nitrogen and oxygen atoms in total. The molecule has 0 atom stereocenters. The zero-order valence-electron chi connectivity index (χ0n) is 14.9. The predicted octanol–water partition coefficient (Wildman–Crippen LogP) is 4.86. The Morgan fingerprint density at radius 2 is 2.00 bits per heavy atom. The molecule has 2 aromatic rings. The van der Waals surface area contributed by atoms with Crippen molar-refractivity contribution in [3.8, 4) is 16.2 Å². The monoisotopic (exact) mass is 373 g/mol. The van der Waals surface area contributed by atoms with E-state index in [1.165, 1.54) is 36.5 Å². The molecule has 136 valence electrons. The number of rotatable bonds is 7. The van der Waals surface area contributed by atoms with Gasteiger partial charge in [0.25, 0.3) is 5.91 Å². The zero-order chi connectivity index (χ0) is 19.3. The Bertz CT molecular complexity index is 870. The summed E-state index contributed by atoms with van der Waals surface area (Å²) in [6.45, 7) is 7.43. The average Bonchev–Trinajstić information content (AvgIpc) is 3.14. The number of likely N-dealkylation sites (N-methyl/N-ethyl adjacent to an activating group) is 1. The number of nitrogens with zero attached hydrogens (tertiary/aromatic N) is 1. The minimum Gasteiger partial charge on any atom is -0.497 e. The number of amides is 1. The fourth-order valence-electron chi connectivity index (χ4n) is 2.23. The molecule has 0 saturated carbocycles. The molecule has 0 spiro atoms. The lowest BCUT2D eigenvalue weighted by Gasteiger charge is -2.17. The van der Waals surface area contributed by atoms with Gasteiger partial charge in [-0.2, -0.15) is 0 Å². The van der Waals surface area contributed by atoms with Crippen molar-refractivity contribution in [2.75, 3.05) is 21.3 Å². The molecule has 0 saturated heterocycles. The number of benzene rings is 1. The number of carbonyl (C=O) groups excluding carboxylic acids is 1. The number of hydrogen-bond donors (Lipinski definition) is 0. The molecular formula is C20H20FNO3S. The van der Waals surface area contributed by atoms with Crippen LogP contribution < -0.4 is 4.74 Å². The first-order chi connectivity index (χ1) is 12.4. The standard InChI is InChI=1S/C20H20FNO3S/c1-6-15(11-13(2)24-4)22(3)20(23)19-10-9-18(26-19)14-7-8-17(25-5)16(21)12-14/h6-12H,1-2H2,3-5H3/b15-11+. The second kappa shape index (κ2) is 8.49. The first kappa shape index (κ1) is 19.5. The molecule has 26 heavy (non-hydrogen) atoms. The number of ether oxygens (including phenoxy) is 2. The van der Waals surface area contributed by atoms with Crippen LogP contribution in [0.5, 0.6) is 5.75 Å². The Morgan fingerprint density at radius 3 is 2.58 bits per heavy atom. The van der Waals surface area contributed by atoms with Crippen molar-refractivity contribution in [2.24, 2.45) is 0 Å². The summed E-state index contributed by atoms with van der Waals surface area (Å²) in [5.74, 6) is -0.0516. The van der Waals surface area contributed by atoms with Gasteiger partial charge in [-0.15, -0.1) is 11.3 Å². The van der Waals surface area contributed by atoms with Crippen molar-refractivity contribution in [1.29, 1.82) is 0 Å². The van der Waals surface area contributed by atoms with E-state index in [1.807, 2.05) is 0 Å². The largest absolute Gasteiger partial charge is 0.497 e. The number of thiophene rings is 1. The van der Waals surface area contributed by atoms with Gasteiger partial charge >= 0.3 is 0 Å². The van der Waals surface area contributed by atoms with E-state index < -0.39 is 5.82 Å². The van der Waals surface area contributed by atoms with E-state index in [4.69, 9.17) is 9.47 Å². The van der Waals surface area contributed by atoms with Gasteiger partial charge in [-0.05, 0) is 42.0 Å². The summed E-state index contributed by atoms with van der Waals surface area (Å²) in [4.78, 5) is 15.5. The number of methoxy groups -OCH3 is 2. The SMILES string of the molecule is C=C/C(=C\C(=C)OC)N(C)C(=O)c1ccc(-c2ccc(OC)c(F)c2)s1. The maximum atomic E-state index is 13.9. The fraction of sp³-hybridized carbons (Fsp3) is 0.150. The lowest BCUT2D eigenvalue weighted by atomic mass is 10.2. The lowest BCUT2D eigenvalue weighted by Crippen LogP contribution is -2.24. The lowest BCUT2D eigenvalue weighted by molar-refractivity contribution is 0.0844. The normalized spacial score (nSPS) is 11.0. The Balaban J connectivity index is 2.27. The molecule has 0 aliphatic carbocycles. The van der Waals surface area contributed by atoms with Crippen molar-refractivity contribution < 1.29 is 18.7 Å². The Morgan fingerprint density at radius 1 is 1.27 bits per heavy atom. The third kappa shape index (κ3) is 4.21. The van der Waals surface area contributed by atoms with Gasteiger partial charge in [-0.25, -0.2) is 4.39 Å². The second-order valence-electron chi connectivity index (χ2n) is 5.32. The minimum atomic E-state index is -0.446. The average molecular weight is 373 g/mol. The summed E-state index contributed by atoms with van der Waals surface area (Å²) >= 11 is 1.28. The summed E-state index contributed by atoms with van der Waals surface area (Å²) in [5.41, 5.74) is 1.24. The maximum absolute atomic E-state index is 13.9. The molecular weight excluding hydrogens is 353 g/mol. The molecule has 1 heterocycles. The molecule has 0 fully saturated rings. The molecule has 0 bridgehead atoms. The number of hydrogen-bond acceptors (Lipinski definition) is 4. The summed E-state index contributed by atoms with van der Waals surface area (Å²) in [7, 11) is 4.56. The van der Waals surface area contributed by atoms with Crippen molar-refractivity contribution >= 4 is 17.2 Å². The van der Waals surface area contributed by atoms with E-state index in [1.54, 1.807) is 43.5 Å². The third-order valence-corrected chi connectivity index (χ3v) is 4.85. The quantitative estimate of drug-likeness (QED) is 0.514. The Labute approximate surface area is 156 Å². The highest BCUT2D eigenvalue weighted by Crippen LogP contribution is 2.31. The molecule has 0 aliphatic heterocycles. The molecule has 1 amide bonds. The van der Waals surface area contributed by atoms with Crippen LogP contribution in [0.1, 0.15) is 9.67 Å². The number of halogens is 1. The summed E-state index contributed by atoms with van der Waals surface area (Å²) < 4.78 is 23.8. The Hall–Kier alpha value is -2.86. The van der Waals surface area contributed by atoms with Gasteiger partial charge < -0.3 is 14.4 Å². The molecule has 0 unspecified atom stereocenters. The van der Waals surface area contributed by atoms with Crippen LogP contribution in [0.4, 0.5) is 4.39 Å². The first-order valence-corrected chi connectivity index (χ1v) is 8.51. The van der Waals surface area contributed by atoms with E-state index in [2.05, 4.69) is 13.2 Å². The minimum absolute atomic E-state index is 0.181. The topological polar surface area (TPSA) is 38.8 Å². The van der Waals surface area contributed by atoms with Gasteiger partial charge in [0.1, 0.15) is 5.76 Å². The molecule has 1 aromatic carbocycles. The maximum Gasteiger partial charge on any atom is 0.268 e. The molecule has 2 rings (SSSR count). The van der Waals surface area contributed by atoms with Gasteiger partial charge in [0.05, 0.1) is 19.1 Å². The van der Waals surface area contributed by atoms with Crippen LogP contribution in [-0.2, 0) is 4.74 Å². The zero-order valence-corrected chi connectivity index (χ0v) is 15.7. The smallest absolute Gasteiger partial charge is 0.268 e. The van der Waals surface area contributed by atoms with E-state index in [9.17, 15) is 9.18 Å². The van der Waals surface area contributed by atoms with Crippen LogP contribution in [0.3, 0.4) is 0 Å². The van der Waals surface area contributed by atoms with E-state index >= 15 is 0 Å². The van der Waals surface area contributed by atoms with Crippen LogP contribution in [0.25, 0.3) is 10.4 Å². The van der Waals surface area contributed by atoms with Gasteiger partial charge in [0, 0.05) is 23.7 Å². The highest BCUT2D eigenvalue weighted by Gasteiger charge is 2.17. The van der Waals surface area contributed by atoms with Gasteiger partial charge in [0.2, 0.25) is 0 Å². The highest BCUT2D eigenvalue weighted by molar-refractivity contribution is 7.17. The summed E-state index contributed by atoms with van der Waals surface area (Å²) in [6, 6.07) is 8.21. The first-order valence-electron chi connectivity index (χ1n) is 7.70. The molecule has 6 heteroatoms. The number of carbonyl (C=O) groups is 1. The van der Waals surface area contributed by atoms with Crippen molar-refractivity contribution in [2.45, 2.75) is 0 Å². The molecule has 1 aromatic heterocycles. The van der Waals surface area contributed by atoms with Gasteiger partial charge in [-0.3, -0.25) is 4.79 Å². The predicted molar refractivity (Wildman–Crippen MR) is 103 cm³/mol. The van der Waals surface area contributed by atoms with Crippen molar-refractivity contribution in [1.82, 2.24) is 4.90 Å². The van der Waals surface area contributed by atoms with Crippen LogP contribution in [-0.4, -0.2) is 32.1 Å². The molecule has 0 aliphatic rings. The second-order valence-corrected chi connectivity index (χ2v) is 6.40. The molecule has 0 N–H and O–H groups in total. The highest BCUT2D eigenvalue weighted by atomic mass is 32.1. The molecule has 0 radical (unpaired) electrons. The summed E-state index contributed by atoms with van der Waals surface area (Å²) in [5, 5.41) is 0. The van der Waals surface area contributed by atoms with Crippen molar-refractivity contribution in [3.63, 3.8) is 0 Å². The fourth-order valence-corrected chi connectivity index (χ4v) is 3.20. The van der Waals surface area contributed by atoms with E-state index in [-0.39, 0.29) is 11.7 Å². The summed E-state index contributed by atoms with van der Waals surface area (Å²) in [6.07, 6.45) is 3.17. The van der Waals surface area contributed by atoms with Crippen LogP contribution >= 0.6 is 11.3 Å². The van der Waals surface area contributed by atoms with Crippen LogP contribution in [0.2, 0.25) is 0 Å². The third-order valence-electron chi connectivity index (χ3n) is 3.73. The van der Waals surface area contributed by atoms with E-state index in [0.717, 1.165) is 4.88 Å². The van der Waals surface area contributed by atoms with Crippen LogP contribution in [0, 0.1) is 5.82 Å². The van der Waals surface area contributed by atoms with Gasteiger partial charge in [0.15, 0.2) is 11.6 Å². The van der Waals surface area contributed by atoms with Crippen molar-refractivity contribution in [3.05, 3.63) is 77.8 Å². The number of allylic oxidation sites excluding steroid dienone is 2.